The number of nitrogens with one attached hydrogen (secondary N) is 1. The lowest BCUT2D eigenvalue weighted by atomic mass is 10.2. The van der Waals surface area contributed by atoms with Crippen LogP contribution in [0.2, 0.25) is 0 Å². The molecule has 1 aromatic rings. The maximum absolute atomic E-state index is 13.6. The van der Waals surface area contributed by atoms with Gasteiger partial charge in [0.2, 0.25) is 0 Å². The summed E-state index contributed by atoms with van der Waals surface area (Å²) in [5.41, 5.74) is 0.0632. The normalized spacial score (nSPS) is 14.4. The fraction of sp³-hybridized carbons (Fsp3) is 0.500. The Labute approximate surface area is 120 Å². The van der Waals surface area contributed by atoms with E-state index in [4.69, 9.17) is 4.74 Å². The van der Waals surface area contributed by atoms with Crippen molar-refractivity contribution in [3.05, 3.63) is 34.1 Å². The van der Waals surface area contributed by atoms with Crippen molar-refractivity contribution in [1.82, 2.24) is 5.32 Å². The predicted molar refractivity (Wildman–Crippen MR) is 74.6 cm³/mol. The van der Waals surface area contributed by atoms with Gasteiger partial charge in [-0.05, 0) is 53.2 Å². The van der Waals surface area contributed by atoms with Crippen LogP contribution < -0.4 is 5.32 Å². The summed E-state index contributed by atoms with van der Waals surface area (Å²) >= 11 is 3.06. The maximum Gasteiger partial charge on any atom is 0.254 e. The summed E-state index contributed by atoms with van der Waals surface area (Å²) in [6, 6.07) is 4.68. The van der Waals surface area contributed by atoms with Gasteiger partial charge in [-0.2, -0.15) is 0 Å². The van der Waals surface area contributed by atoms with Gasteiger partial charge in [0, 0.05) is 19.8 Å². The summed E-state index contributed by atoms with van der Waals surface area (Å²) in [6.07, 6.45) is 3.30. The Morgan fingerprint density at radius 3 is 3.00 bits per heavy atom. The largest absolute Gasteiger partial charge is 0.381 e. The van der Waals surface area contributed by atoms with Crippen molar-refractivity contribution in [2.24, 2.45) is 5.92 Å². The van der Waals surface area contributed by atoms with Crippen LogP contribution in [0, 0.1) is 11.7 Å². The molecule has 0 unspecified atom stereocenters. The molecule has 0 saturated heterocycles. The second kappa shape index (κ2) is 7.01. The lowest BCUT2D eigenvalue weighted by molar-refractivity contribution is 0.0933. The number of hydrogen-bond donors (Lipinski definition) is 1. The Hall–Kier alpha value is -0.940. The van der Waals surface area contributed by atoms with Crippen molar-refractivity contribution in [2.45, 2.75) is 19.3 Å². The highest BCUT2D eigenvalue weighted by atomic mass is 79.9. The number of halogens is 2. The van der Waals surface area contributed by atoms with Crippen molar-refractivity contribution in [2.75, 3.05) is 19.8 Å². The van der Waals surface area contributed by atoms with Crippen LogP contribution in [0.4, 0.5) is 4.39 Å². The van der Waals surface area contributed by atoms with E-state index in [9.17, 15) is 9.18 Å². The minimum Gasteiger partial charge on any atom is -0.381 e. The standard InChI is InChI=1S/C14H17BrFNO2/c15-12-4-1-3-11(13(12)16)14(18)17-7-2-8-19-9-10-5-6-10/h1,3-4,10H,2,5-9H2,(H,17,18). The fourth-order valence-electron chi connectivity index (χ4n) is 1.69. The van der Waals surface area contributed by atoms with Gasteiger partial charge in [-0.3, -0.25) is 4.79 Å². The van der Waals surface area contributed by atoms with E-state index in [0.29, 0.717) is 17.6 Å². The summed E-state index contributed by atoms with van der Waals surface area (Å²) in [5.74, 6) is -0.156. The van der Waals surface area contributed by atoms with Gasteiger partial charge in [0.05, 0.1) is 10.0 Å². The fourth-order valence-corrected chi connectivity index (χ4v) is 2.05. The van der Waals surface area contributed by atoms with E-state index in [1.165, 1.54) is 18.9 Å². The van der Waals surface area contributed by atoms with Crippen LogP contribution in [0.3, 0.4) is 0 Å². The lowest BCUT2D eigenvalue weighted by Crippen LogP contribution is -2.26. The van der Waals surface area contributed by atoms with Crippen molar-refractivity contribution in [1.29, 1.82) is 0 Å². The van der Waals surface area contributed by atoms with Crippen LogP contribution in [0.1, 0.15) is 29.6 Å². The average Bonchev–Trinajstić information content (AvgIpc) is 3.20. The summed E-state index contributed by atoms with van der Waals surface area (Å²) in [6.45, 7) is 1.96. The molecule has 3 nitrogen and oxygen atoms in total. The summed E-state index contributed by atoms with van der Waals surface area (Å²) in [4.78, 5) is 11.8. The van der Waals surface area contributed by atoms with E-state index >= 15 is 0 Å². The Morgan fingerprint density at radius 1 is 1.47 bits per heavy atom. The van der Waals surface area contributed by atoms with Gasteiger partial charge in [-0.1, -0.05) is 6.07 Å². The van der Waals surface area contributed by atoms with E-state index in [1.54, 1.807) is 12.1 Å². The Bertz CT molecular complexity index is 449. The summed E-state index contributed by atoms with van der Waals surface area (Å²) in [5, 5.41) is 2.69. The quantitative estimate of drug-likeness (QED) is 0.780. The molecule has 1 saturated carbocycles. The third kappa shape index (κ3) is 4.58. The first kappa shape index (κ1) is 14.5. The Balaban J connectivity index is 1.67. The molecule has 1 aliphatic rings. The molecule has 1 aromatic carbocycles. The Morgan fingerprint density at radius 2 is 2.26 bits per heavy atom. The van der Waals surface area contributed by atoms with E-state index in [0.717, 1.165) is 18.9 Å². The van der Waals surface area contributed by atoms with Gasteiger partial charge in [0.1, 0.15) is 5.82 Å². The second-order valence-corrected chi connectivity index (χ2v) is 5.58. The number of benzene rings is 1. The first-order chi connectivity index (χ1) is 9.18. The first-order valence-corrected chi connectivity index (χ1v) is 7.27. The van der Waals surface area contributed by atoms with Crippen LogP contribution in [0.15, 0.2) is 22.7 Å². The topological polar surface area (TPSA) is 38.3 Å². The minimum atomic E-state index is -0.523. The highest BCUT2D eigenvalue weighted by molar-refractivity contribution is 9.10. The monoisotopic (exact) mass is 329 g/mol. The summed E-state index contributed by atoms with van der Waals surface area (Å²) in [7, 11) is 0. The molecule has 0 atom stereocenters. The van der Waals surface area contributed by atoms with Crippen molar-refractivity contribution >= 4 is 21.8 Å². The number of ether oxygens (including phenoxy) is 1. The lowest BCUT2D eigenvalue weighted by Gasteiger charge is -2.07. The highest BCUT2D eigenvalue weighted by Crippen LogP contribution is 2.28. The predicted octanol–water partition coefficient (Wildman–Crippen LogP) is 3.13. The number of carbonyl (C=O) groups excluding carboxylic acids is 1. The molecule has 1 aliphatic carbocycles. The van der Waals surface area contributed by atoms with Gasteiger partial charge in [0.15, 0.2) is 0 Å². The van der Waals surface area contributed by atoms with Gasteiger partial charge < -0.3 is 10.1 Å². The van der Waals surface area contributed by atoms with E-state index in [1.807, 2.05) is 0 Å². The molecule has 0 heterocycles. The zero-order chi connectivity index (χ0) is 13.7. The van der Waals surface area contributed by atoms with Crippen LogP contribution in [-0.2, 0) is 4.74 Å². The molecule has 0 bridgehead atoms. The van der Waals surface area contributed by atoms with Crippen molar-refractivity contribution in [3.8, 4) is 0 Å². The molecular weight excluding hydrogens is 313 g/mol. The first-order valence-electron chi connectivity index (χ1n) is 6.48. The van der Waals surface area contributed by atoms with E-state index in [-0.39, 0.29) is 11.5 Å². The van der Waals surface area contributed by atoms with Gasteiger partial charge in [0.25, 0.3) is 5.91 Å². The molecule has 19 heavy (non-hydrogen) atoms. The van der Waals surface area contributed by atoms with Gasteiger partial charge >= 0.3 is 0 Å². The highest BCUT2D eigenvalue weighted by Gasteiger charge is 2.20. The Kier molecular flexibility index (Phi) is 5.34. The molecule has 1 amide bonds. The molecule has 0 aromatic heterocycles. The molecule has 0 radical (unpaired) electrons. The molecule has 5 heteroatoms. The number of hydrogen-bond acceptors (Lipinski definition) is 2. The molecule has 0 aliphatic heterocycles. The molecule has 0 spiro atoms. The van der Waals surface area contributed by atoms with Crippen molar-refractivity contribution < 1.29 is 13.9 Å². The average molecular weight is 330 g/mol. The van der Waals surface area contributed by atoms with Gasteiger partial charge in [-0.25, -0.2) is 4.39 Å². The molecule has 1 fully saturated rings. The summed E-state index contributed by atoms with van der Waals surface area (Å²) < 4.78 is 19.4. The second-order valence-electron chi connectivity index (χ2n) is 4.73. The molecule has 2 rings (SSSR count). The third-order valence-electron chi connectivity index (χ3n) is 3.00. The number of amides is 1. The smallest absolute Gasteiger partial charge is 0.254 e. The van der Waals surface area contributed by atoms with Crippen molar-refractivity contribution in [3.63, 3.8) is 0 Å². The van der Waals surface area contributed by atoms with Crippen LogP contribution in [0.5, 0.6) is 0 Å². The van der Waals surface area contributed by atoms with Crippen LogP contribution in [-0.4, -0.2) is 25.7 Å². The zero-order valence-electron chi connectivity index (χ0n) is 10.6. The van der Waals surface area contributed by atoms with E-state index in [2.05, 4.69) is 21.2 Å². The number of rotatable bonds is 7. The SMILES string of the molecule is O=C(NCCCOCC1CC1)c1cccc(Br)c1F. The molecular formula is C14H17BrFNO2. The van der Waals surface area contributed by atoms with Crippen LogP contribution in [0.25, 0.3) is 0 Å². The van der Waals surface area contributed by atoms with Gasteiger partial charge in [-0.15, -0.1) is 0 Å². The minimum absolute atomic E-state index is 0.0632. The van der Waals surface area contributed by atoms with Crippen LogP contribution >= 0.6 is 15.9 Å². The maximum atomic E-state index is 13.6. The van der Waals surface area contributed by atoms with E-state index < -0.39 is 5.82 Å². The third-order valence-corrected chi connectivity index (χ3v) is 3.61. The zero-order valence-corrected chi connectivity index (χ0v) is 12.2. The molecule has 1 N–H and O–H groups in total. The number of carbonyl (C=O) groups is 1. The molecule has 104 valence electrons.